The average Bonchev–Trinajstić information content (AvgIpc) is 3.50. The first kappa shape index (κ1) is 24.0. The van der Waals surface area contributed by atoms with E-state index in [1.165, 1.54) is 12.1 Å². The van der Waals surface area contributed by atoms with Crippen molar-refractivity contribution in [3.8, 4) is 5.75 Å². The van der Waals surface area contributed by atoms with E-state index in [4.69, 9.17) is 19.2 Å². The molecule has 1 saturated carbocycles. The number of benzene rings is 1. The fraction of sp³-hybridized carbons (Fsp3) is 0.462. The maximum atomic E-state index is 13.2. The molecule has 1 aromatic heterocycles. The third-order valence-electron chi connectivity index (χ3n) is 7.02. The Morgan fingerprint density at radius 2 is 1.86 bits per heavy atom. The summed E-state index contributed by atoms with van der Waals surface area (Å²) in [7, 11) is 0. The largest absolute Gasteiger partial charge is 0.487 e. The standard InChI is InChI=1S/C26H29FN4O5/c1-23(2,3)36-22(33)30-21-31-26(14-34-21)17-12-16(29-20(32)18-8-6-15(27)13-28-18)7-9-19(17)35-24(4,5)25(26)10-11-25/h6-9,12-13H,10-11,14H2,1-5H3,(H,29,32)(H,30,31,33). The Morgan fingerprint density at radius 3 is 2.50 bits per heavy atom. The van der Waals surface area contributed by atoms with Crippen LogP contribution in [0.15, 0.2) is 41.5 Å². The lowest BCUT2D eigenvalue weighted by Crippen LogP contribution is -2.55. The van der Waals surface area contributed by atoms with Gasteiger partial charge in [0, 0.05) is 16.7 Å². The number of hydrogen-bond donors (Lipinski definition) is 2. The number of amides is 2. The molecule has 1 fully saturated rings. The molecule has 2 aliphatic heterocycles. The number of nitrogens with one attached hydrogen (secondary N) is 2. The highest BCUT2D eigenvalue weighted by Gasteiger charge is 2.73. The van der Waals surface area contributed by atoms with Crippen molar-refractivity contribution in [3.05, 3.63) is 53.6 Å². The van der Waals surface area contributed by atoms with Crippen molar-refractivity contribution in [2.75, 3.05) is 11.9 Å². The fourth-order valence-corrected chi connectivity index (χ4v) is 5.24. The van der Waals surface area contributed by atoms with Gasteiger partial charge in [0.2, 0.25) is 0 Å². The number of amidine groups is 1. The van der Waals surface area contributed by atoms with Crippen molar-refractivity contribution in [1.82, 2.24) is 10.3 Å². The van der Waals surface area contributed by atoms with Crippen molar-refractivity contribution in [1.29, 1.82) is 0 Å². The molecule has 1 unspecified atom stereocenters. The molecule has 2 N–H and O–H groups in total. The van der Waals surface area contributed by atoms with E-state index in [0.717, 1.165) is 24.6 Å². The van der Waals surface area contributed by atoms with Crippen LogP contribution in [0.3, 0.4) is 0 Å². The van der Waals surface area contributed by atoms with Gasteiger partial charge in [0.1, 0.15) is 40.6 Å². The van der Waals surface area contributed by atoms with E-state index in [1.54, 1.807) is 32.9 Å². The van der Waals surface area contributed by atoms with Crippen molar-refractivity contribution < 1.29 is 28.2 Å². The maximum absolute atomic E-state index is 13.2. The first-order chi connectivity index (χ1) is 16.8. The molecule has 36 heavy (non-hydrogen) atoms. The van der Waals surface area contributed by atoms with E-state index < -0.39 is 34.6 Å². The van der Waals surface area contributed by atoms with Crippen LogP contribution in [0, 0.1) is 11.2 Å². The van der Waals surface area contributed by atoms with Gasteiger partial charge in [-0.05, 0) is 77.8 Å². The number of aliphatic imine (C=N–C) groups is 1. The Labute approximate surface area is 208 Å². The van der Waals surface area contributed by atoms with Crippen LogP contribution in [-0.2, 0) is 15.0 Å². The predicted octanol–water partition coefficient (Wildman–Crippen LogP) is 4.53. The lowest BCUT2D eigenvalue weighted by atomic mass is 9.66. The van der Waals surface area contributed by atoms with Crippen LogP contribution >= 0.6 is 0 Å². The molecule has 3 aliphatic rings. The highest BCUT2D eigenvalue weighted by atomic mass is 19.1. The first-order valence-corrected chi connectivity index (χ1v) is 11.8. The molecule has 2 aromatic rings. The van der Waals surface area contributed by atoms with E-state index in [9.17, 15) is 14.0 Å². The average molecular weight is 497 g/mol. The van der Waals surface area contributed by atoms with Gasteiger partial charge in [-0.1, -0.05) is 0 Å². The molecule has 1 aliphatic carbocycles. The van der Waals surface area contributed by atoms with Crippen LogP contribution in [0.4, 0.5) is 14.9 Å². The molecule has 1 atom stereocenters. The molecule has 2 spiro atoms. The summed E-state index contributed by atoms with van der Waals surface area (Å²) in [5, 5.41) is 5.43. The molecule has 0 radical (unpaired) electrons. The van der Waals surface area contributed by atoms with Gasteiger partial charge >= 0.3 is 6.09 Å². The number of hydrogen-bond acceptors (Lipinski definition) is 7. The lowest BCUT2D eigenvalue weighted by Gasteiger charge is -2.49. The Balaban J connectivity index is 1.50. The van der Waals surface area contributed by atoms with Gasteiger partial charge in [0.05, 0.1) is 6.20 Å². The van der Waals surface area contributed by atoms with Crippen molar-refractivity contribution >= 4 is 23.7 Å². The molecule has 9 nitrogen and oxygen atoms in total. The van der Waals surface area contributed by atoms with Crippen LogP contribution in [0.1, 0.15) is 63.5 Å². The fourth-order valence-electron chi connectivity index (χ4n) is 5.24. The molecule has 2 amide bonds. The number of ether oxygens (including phenoxy) is 3. The van der Waals surface area contributed by atoms with E-state index >= 15 is 0 Å². The molecule has 5 rings (SSSR count). The van der Waals surface area contributed by atoms with Crippen LogP contribution in [0.25, 0.3) is 0 Å². The topological polar surface area (TPSA) is 111 Å². The summed E-state index contributed by atoms with van der Waals surface area (Å²) in [6, 6.07) is 7.92. The smallest absolute Gasteiger partial charge is 0.415 e. The van der Waals surface area contributed by atoms with Gasteiger partial charge in [-0.2, -0.15) is 0 Å². The minimum Gasteiger partial charge on any atom is -0.487 e. The number of nitrogens with zero attached hydrogens (tertiary/aromatic N) is 2. The Kier molecular flexibility index (Phi) is 5.28. The number of rotatable bonds is 2. The predicted molar refractivity (Wildman–Crippen MR) is 129 cm³/mol. The van der Waals surface area contributed by atoms with Crippen LogP contribution in [-0.4, -0.2) is 40.8 Å². The summed E-state index contributed by atoms with van der Waals surface area (Å²) in [6.45, 7) is 9.61. The van der Waals surface area contributed by atoms with E-state index in [-0.39, 0.29) is 23.7 Å². The zero-order valence-corrected chi connectivity index (χ0v) is 20.9. The molecule has 3 heterocycles. The second-order valence-corrected chi connectivity index (χ2v) is 10.9. The number of halogens is 1. The van der Waals surface area contributed by atoms with E-state index in [0.29, 0.717) is 11.4 Å². The Hall–Kier alpha value is -3.69. The van der Waals surface area contributed by atoms with Gasteiger partial charge in [-0.3, -0.25) is 4.79 Å². The van der Waals surface area contributed by atoms with E-state index in [1.807, 2.05) is 19.9 Å². The number of alkyl carbamates (subject to hydrolysis) is 1. The molecular weight excluding hydrogens is 467 g/mol. The van der Waals surface area contributed by atoms with Gasteiger partial charge in [0.25, 0.3) is 11.9 Å². The number of pyridine rings is 1. The highest BCUT2D eigenvalue weighted by molar-refractivity contribution is 6.03. The van der Waals surface area contributed by atoms with Crippen LogP contribution < -0.4 is 15.4 Å². The monoisotopic (exact) mass is 496 g/mol. The second-order valence-electron chi connectivity index (χ2n) is 10.9. The molecule has 0 bridgehead atoms. The van der Waals surface area contributed by atoms with Crippen molar-refractivity contribution in [2.24, 2.45) is 10.4 Å². The normalized spacial score (nSPS) is 22.7. The highest BCUT2D eigenvalue weighted by Crippen LogP contribution is 2.71. The summed E-state index contributed by atoms with van der Waals surface area (Å²) in [5.41, 5.74) is -1.05. The van der Waals surface area contributed by atoms with Crippen LogP contribution in [0.2, 0.25) is 0 Å². The minimum atomic E-state index is -0.830. The first-order valence-electron chi connectivity index (χ1n) is 11.8. The van der Waals surface area contributed by atoms with Gasteiger partial charge in [-0.25, -0.2) is 24.5 Å². The maximum Gasteiger partial charge on any atom is 0.415 e. The SMILES string of the molecule is CC(C)(C)OC(=O)NC1=NC2(CO1)c1cc(NC(=O)c3ccc(F)cn3)ccc1OC(C)(C)C21CC1. The van der Waals surface area contributed by atoms with Crippen molar-refractivity contribution in [3.63, 3.8) is 0 Å². The summed E-state index contributed by atoms with van der Waals surface area (Å²) >= 11 is 0. The minimum absolute atomic E-state index is 0.0872. The van der Waals surface area contributed by atoms with Crippen LogP contribution in [0.5, 0.6) is 5.75 Å². The molecule has 10 heteroatoms. The molecule has 1 aromatic carbocycles. The Morgan fingerprint density at radius 1 is 1.11 bits per heavy atom. The number of carbonyl (C=O) groups excluding carboxylic acids is 2. The number of fused-ring (bicyclic) bond motifs is 3. The third kappa shape index (κ3) is 3.94. The summed E-state index contributed by atoms with van der Waals surface area (Å²) in [5.74, 6) is -0.367. The molecular formula is C26H29FN4O5. The second kappa shape index (κ2) is 7.91. The zero-order chi connectivity index (χ0) is 25.9. The Bertz CT molecular complexity index is 1260. The quantitative estimate of drug-likeness (QED) is 0.632. The summed E-state index contributed by atoms with van der Waals surface area (Å²) in [6.07, 6.45) is 2.07. The molecule has 0 saturated heterocycles. The summed E-state index contributed by atoms with van der Waals surface area (Å²) < 4.78 is 30.9. The number of carbonyl (C=O) groups is 2. The number of aromatic nitrogens is 1. The van der Waals surface area contributed by atoms with Crippen molar-refractivity contribution in [2.45, 2.75) is 64.2 Å². The third-order valence-corrected chi connectivity index (χ3v) is 7.02. The zero-order valence-electron chi connectivity index (χ0n) is 20.9. The van der Waals surface area contributed by atoms with Gasteiger partial charge < -0.3 is 19.5 Å². The van der Waals surface area contributed by atoms with Gasteiger partial charge in [0.15, 0.2) is 0 Å². The van der Waals surface area contributed by atoms with E-state index in [2.05, 4.69) is 15.6 Å². The lowest BCUT2D eigenvalue weighted by molar-refractivity contribution is -0.0478. The summed E-state index contributed by atoms with van der Waals surface area (Å²) in [4.78, 5) is 33.8. The van der Waals surface area contributed by atoms with Gasteiger partial charge in [-0.15, -0.1) is 0 Å². The molecule has 190 valence electrons. The number of anilines is 1.